The summed E-state index contributed by atoms with van der Waals surface area (Å²) in [6.07, 6.45) is 1.83. The number of hydrogen-bond acceptors (Lipinski definition) is 4. The lowest BCUT2D eigenvalue weighted by Crippen LogP contribution is -2.41. The topological polar surface area (TPSA) is 34.6 Å². The molecule has 2 heterocycles. The molecule has 0 atom stereocenters. The summed E-state index contributed by atoms with van der Waals surface area (Å²) in [5, 5.41) is 0. The third kappa shape index (κ3) is 2.45. The Labute approximate surface area is 122 Å². The quantitative estimate of drug-likeness (QED) is 0.792. The van der Waals surface area contributed by atoms with Crippen LogP contribution in [0.25, 0.3) is 0 Å². The minimum absolute atomic E-state index is 0.315. The highest BCUT2D eigenvalue weighted by Gasteiger charge is 2.52. The highest BCUT2D eigenvalue weighted by atomic mass is 16.7. The molecule has 5 heteroatoms. The summed E-state index contributed by atoms with van der Waals surface area (Å²) in [5.74, 6) is 0.986. The molecule has 1 aromatic heterocycles. The van der Waals surface area contributed by atoms with Crippen LogP contribution in [0.1, 0.15) is 40.2 Å². The Morgan fingerprint density at radius 2 is 1.75 bits per heavy atom. The molecule has 1 aliphatic heterocycles. The van der Waals surface area contributed by atoms with E-state index in [4.69, 9.17) is 9.31 Å². The molecule has 1 fully saturated rings. The fraction of sp³-hybridized carbons (Fsp3) is 0.667. The molecule has 1 aliphatic rings. The van der Waals surface area contributed by atoms with E-state index in [0.717, 1.165) is 23.4 Å². The molecule has 0 aliphatic carbocycles. The average molecular weight is 276 g/mol. The van der Waals surface area contributed by atoms with Crippen LogP contribution in [0, 0.1) is 6.92 Å². The van der Waals surface area contributed by atoms with Crippen molar-refractivity contribution in [3.8, 4) is 0 Å². The van der Waals surface area contributed by atoms with E-state index in [1.165, 1.54) is 0 Å². The third-order valence-corrected chi connectivity index (χ3v) is 4.56. The van der Waals surface area contributed by atoms with E-state index in [1.54, 1.807) is 0 Å². The van der Waals surface area contributed by atoms with Crippen molar-refractivity contribution in [2.24, 2.45) is 0 Å². The van der Waals surface area contributed by atoms with Crippen molar-refractivity contribution in [2.75, 3.05) is 18.5 Å². The molecule has 0 spiro atoms. The van der Waals surface area contributed by atoms with Crippen molar-refractivity contribution >= 4 is 18.4 Å². The Bertz CT molecular complexity index is 487. The standard InChI is InChI=1S/C15H25BN2O2/c1-8-18(7)13-11(2)12(9-10-17-13)16-19-14(3,4)15(5,6)20-16/h9-10H,8H2,1-7H3. The van der Waals surface area contributed by atoms with E-state index in [0.29, 0.717) is 0 Å². The van der Waals surface area contributed by atoms with Crippen molar-refractivity contribution in [3.63, 3.8) is 0 Å². The van der Waals surface area contributed by atoms with Gasteiger partial charge in [0.25, 0.3) is 0 Å². The van der Waals surface area contributed by atoms with Crippen LogP contribution < -0.4 is 10.4 Å². The van der Waals surface area contributed by atoms with Crippen LogP contribution in [-0.2, 0) is 9.31 Å². The van der Waals surface area contributed by atoms with Gasteiger partial charge in [-0.15, -0.1) is 0 Å². The monoisotopic (exact) mass is 276 g/mol. The predicted octanol–water partition coefficient (Wildman–Crippen LogP) is 2.15. The fourth-order valence-corrected chi connectivity index (χ4v) is 2.30. The van der Waals surface area contributed by atoms with Gasteiger partial charge in [0.1, 0.15) is 5.82 Å². The van der Waals surface area contributed by atoms with Crippen molar-refractivity contribution in [1.82, 2.24) is 4.98 Å². The zero-order valence-electron chi connectivity index (χ0n) is 13.7. The Morgan fingerprint density at radius 3 is 2.25 bits per heavy atom. The van der Waals surface area contributed by atoms with E-state index in [-0.39, 0.29) is 18.3 Å². The molecule has 0 bridgehead atoms. The molecule has 2 rings (SSSR count). The predicted molar refractivity (Wildman–Crippen MR) is 83.6 cm³/mol. The molecular formula is C15H25BN2O2. The molecule has 0 unspecified atom stereocenters. The summed E-state index contributed by atoms with van der Waals surface area (Å²) >= 11 is 0. The summed E-state index contributed by atoms with van der Waals surface area (Å²) in [6.45, 7) is 13.4. The maximum absolute atomic E-state index is 6.13. The van der Waals surface area contributed by atoms with Crippen LogP contribution >= 0.6 is 0 Å². The van der Waals surface area contributed by atoms with Gasteiger partial charge in [-0.2, -0.15) is 0 Å². The van der Waals surface area contributed by atoms with Crippen molar-refractivity contribution in [2.45, 2.75) is 52.7 Å². The Balaban J connectivity index is 2.36. The van der Waals surface area contributed by atoms with Crippen LogP contribution in [0.2, 0.25) is 0 Å². The molecule has 0 amide bonds. The number of aromatic nitrogens is 1. The number of nitrogens with zero attached hydrogens (tertiary/aromatic N) is 2. The molecule has 0 N–H and O–H groups in total. The Hall–Kier alpha value is -1.07. The molecule has 0 radical (unpaired) electrons. The number of anilines is 1. The number of pyridine rings is 1. The third-order valence-electron chi connectivity index (χ3n) is 4.56. The molecule has 0 saturated carbocycles. The number of hydrogen-bond donors (Lipinski definition) is 0. The highest BCUT2D eigenvalue weighted by Crippen LogP contribution is 2.36. The van der Waals surface area contributed by atoms with E-state index in [2.05, 4.69) is 51.4 Å². The lowest BCUT2D eigenvalue weighted by Gasteiger charge is -2.32. The Kier molecular flexibility index (Phi) is 3.86. The second kappa shape index (κ2) is 5.04. The minimum atomic E-state index is -0.327. The van der Waals surface area contributed by atoms with Gasteiger partial charge < -0.3 is 14.2 Å². The normalized spacial score (nSPS) is 20.2. The van der Waals surface area contributed by atoms with E-state index in [1.807, 2.05) is 19.3 Å². The Morgan fingerprint density at radius 1 is 1.20 bits per heavy atom. The maximum Gasteiger partial charge on any atom is 0.495 e. The number of rotatable bonds is 3. The van der Waals surface area contributed by atoms with Crippen molar-refractivity contribution in [1.29, 1.82) is 0 Å². The summed E-state index contributed by atoms with van der Waals surface area (Å²) in [5.41, 5.74) is 1.55. The largest absolute Gasteiger partial charge is 0.495 e. The molecule has 4 nitrogen and oxygen atoms in total. The van der Waals surface area contributed by atoms with Gasteiger partial charge >= 0.3 is 7.12 Å². The van der Waals surface area contributed by atoms with Gasteiger partial charge in [0.15, 0.2) is 0 Å². The van der Waals surface area contributed by atoms with E-state index in [9.17, 15) is 0 Å². The first kappa shape index (κ1) is 15.3. The SMILES string of the molecule is CCN(C)c1nccc(B2OC(C)(C)C(C)(C)O2)c1C. The lowest BCUT2D eigenvalue weighted by molar-refractivity contribution is 0.00578. The molecular weight excluding hydrogens is 251 g/mol. The summed E-state index contributed by atoms with van der Waals surface area (Å²) < 4.78 is 12.3. The fourth-order valence-electron chi connectivity index (χ4n) is 2.30. The molecule has 0 aromatic carbocycles. The highest BCUT2D eigenvalue weighted by molar-refractivity contribution is 6.62. The molecule has 110 valence electrons. The first-order chi connectivity index (χ1) is 9.19. The minimum Gasteiger partial charge on any atom is -0.399 e. The van der Waals surface area contributed by atoms with Crippen LogP contribution in [0.3, 0.4) is 0 Å². The smallest absolute Gasteiger partial charge is 0.399 e. The van der Waals surface area contributed by atoms with Gasteiger partial charge in [0.05, 0.1) is 11.2 Å². The average Bonchev–Trinajstić information content (AvgIpc) is 2.57. The van der Waals surface area contributed by atoms with Crippen LogP contribution in [0.5, 0.6) is 0 Å². The summed E-state index contributed by atoms with van der Waals surface area (Å²) in [7, 11) is 1.72. The first-order valence-corrected chi connectivity index (χ1v) is 7.22. The van der Waals surface area contributed by atoms with Crippen molar-refractivity contribution < 1.29 is 9.31 Å². The van der Waals surface area contributed by atoms with Crippen molar-refractivity contribution in [3.05, 3.63) is 17.8 Å². The van der Waals surface area contributed by atoms with Gasteiger partial charge in [-0.3, -0.25) is 0 Å². The van der Waals surface area contributed by atoms with Gasteiger partial charge in [-0.05, 0) is 58.6 Å². The lowest BCUT2D eigenvalue weighted by atomic mass is 9.76. The summed E-state index contributed by atoms with van der Waals surface area (Å²) in [4.78, 5) is 6.60. The summed E-state index contributed by atoms with van der Waals surface area (Å²) in [6, 6.07) is 1.99. The van der Waals surface area contributed by atoms with Gasteiger partial charge in [-0.25, -0.2) is 4.98 Å². The zero-order valence-corrected chi connectivity index (χ0v) is 13.7. The van der Waals surface area contributed by atoms with E-state index < -0.39 is 0 Å². The maximum atomic E-state index is 6.13. The second-order valence-electron chi connectivity index (χ2n) is 6.45. The second-order valence-corrected chi connectivity index (χ2v) is 6.45. The first-order valence-electron chi connectivity index (χ1n) is 7.22. The van der Waals surface area contributed by atoms with Crippen LogP contribution in [-0.4, -0.2) is 36.9 Å². The van der Waals surface area contributed by atoms with E-state index >= 15 is 0 Å². The van der Waals surface area contributed by atoms with Gasteiger partial charge in [0, 0.05) is 19.8 Å². The van der Waals surface area contributed by atoms with Crippen LogP contribution in [0.4, 0.5) is 5.82 Å². The zero-order chi connectivity index (χ0) is 15.1. The molecule has 1 saturated heterocycles. The molecule has 20 heavy (non-hydrogen) atoms. The van der Waals surface area contributed by atoms with Crippen LogP contribution in [0.15, 0.2) is 12.3 Å². The van der Waals surface area contributed by atoms with Gasteiger partial charge in [-0.1, -0.05) is 0 Å². The molecule has 1 aromatic rings. The van der Waals surface area contributed by atoms with Gasteiger partial charge in [0.2, 0.25) is 0 Å².